The molecule has 0 aliphatic carbocycles. The SMILES string of the molecule is COc1ccc(Cl)cc1Nc1nccc(Nc2ccc(C#N)cc2)n1. The maximum atomic E-state index is 8.84. The predicted octanol–water partition coefficient (Wildman–Crippen LogP) is 4.50. The predicted molar refractivity (Wildman–Crippen MR) is 97.8 cm³/mol. The van der Waals surface area contributed by atoms with Gasteiger partial charge in [0.05, 0.1) is 24.4 Å². The second kappa shape index (κ2) is 7.51. The molecule has 3 aromatic rings. The third-order valence-corrected chi connectivity index (χ3v) is 3.59. The molecular formula is C18H14ClN5O. The Morgan fingerprint density at radius 3 is 2.60 bits per heavy atom. The van der Waals surface area contributed by atoms with Crippen LogP contribution in [0.4, 0.5) is 23.1 Å². The Bertz CT molecular complexity index is 921. The molecule has 1 aromatic heterocycles. The zero-order valence-electron chi connectivity index (χ0n) is 13.3. The quantitative estimate of drug-likeness (QED) is 0.704. The molecule has 0 unspecified atom stereocenters. The van der Waals surface area contributed by atoms with Gasteiger partial charge in [-0.05, 0) is 48.5 Å². The largest absolute Gasteiger partial charge is 0.495 e. The fourth-order valence-electron chi connectivity index (χ4n) is 2.16. The second-order valence-corrected chi connectivity index (χ2v) is 5.49. The van der Waals surface area contributed by atoms with Crippen LogP contribution in [0.3, 0.4) is 0 Å². The Kier molecular flexibility index (Phi) is 4.97. The molecule has 1 heterocycles. The van der Waals surface area contributed by atoms with Gasteiger partial charge >= 0.3 is 0 Å². The molecule has 2 N–H and O–H groups in total. The summed E-state index contributed by atoms with van der Waals surface area (Å²) in [6.07, 6.45) is 1.64. The molecule has 0 spiro atoms. The van der Waals surface area contributed by atoms with Gasteiger partial charge < -0.3 is 15.4 Å². The third kappa shape index (κ3) is 4.16. The third-order valence-electron chi connectivity index (χ3n) is 3.35. The van der Waals surface area contributed by atoms with Gasteiger partial charge in [0.25, 0.3) is 0 Å². The minimum absolute atomic E-state index is 0.402. The lowest BCUT2D eigenvalue weighted by Gasteiger charge is -2.11. The van der Waals surface area contributed by atoms with Gasteiger partial charge in [-0.1, -0.05) is 11.6 Å². The van der Waals surface area contributed by atoms with E-state index in [0.29, 0.717) is 33.8 Å². The minimum Gasteiger partial charge on any atom is -0.495 e. The zero-order chi connectivity index (χ0) is 17.6. The van der Waals surface area contributed by atoms with Crippen LogP contribution in [0.2, 0.25) is 5.02 Å². The molecule has 3 rings (SSSR count). The number of nitrogens with zero attached hydrogens (tertiary/aromatic N) is 3. The van der Waals surface area contributed by atoms with Crippen molar-refractivity contribution >= 4 is 34.7 Å². The van der Waals surface area contributed by atoms with Crippen LogP contribution in [-0.2, 0) is 0 Å². The molecule has 25 heavy (non-hydrogen) atoms. The van der Waals surface area contributed by atoms with Crippen LogP contribution in [0.5, 0.6) is 5.75 Å². The average Bonchev–Trinajstić information content (AvgIpc) is 2.63. The molecule has 0 bridgehead atoms. The minimum atomic E-state index is 0.402. The van der Waals surface area contributed by atoms with Crippen molar-refractivity contribution in [1.29, 1.82) is 5.26 Å². The van der Waals surface area contributed by atoms with Crippen molar-refractivity contribution in [3.05, 3.63) is 65.3 Å². The van der Waals surface area contributed by atoms with Crippen molar-refractivity contribution in [2.24, 2.45) is 0 Å². The first-order chi connectivity index (χ1) is 12.2. The number of benzene rings is 2. The molecule has 0 fully saturated rings. The summed E-state index contributed by atoms with van der Waals surface area (Å²) in [6.45, 7) is 0. The van der Waals surface area contributed by atoms with Crippen LogP contribution in [0.25, 0.3) is 0 Å². The second-order valence-electron chi connectivity index (χ2n) is 5.05. The molecule has 0 aliphatic rings. The number of nitrogens with one attached hydrogen (secondary N) is 2. The highest BCUT2D eigenvalue weighted by atomic mass is 35.5. The van der Waals surface area contributed by atoms with Gasteiger partial charge in [0.2, 0.25) is 5.95 Å². The fourth-order valence-corrected chi connectivity index (χ4v) is 2.33. The van der Waals surface area contributed by atoms with Crippen LogP contribution in [-0.4, -0.2) is 17.1 Å². The molecule has 0 saturated heterocycles. The molecule has 6 nitrogen and oxygen atoms in total. The van der Waals surface area contributed by atoms with Gasteiger partial charge in [-0.3, -0.25) is 0 Å². The van der Waals surface area contributed by atoms with E-state index in [2.05, 4.69) is 26.7 Å². The van der Waals surface area contributed by atoms with Crippen molar-refractivity contribution in [3.8, 4) is 11.8 Å². The Morgan fingerprint density at radius 1 is 1.08 bits per heavy atom. The number of halogens is 1. The van der Waals surface area contributed by atoms with Crippen molar-refractivity contribution in [2.45, 2.75) is 0 Å². The van der Waals surface area contributed by atoms with E-state index in [1.165, 1.54) is 0 Å². The van der Waals surface area contributed by atoms with E-state index in [1.54, 1.807) is 49.7 Å². The van der Waals surface area contributed by atoms with E-state index in [1.807, 2.05) is 12.1 Å². The first-order valence-corrected chi connectivity index (χ1v) is 7.76. The summed E-state index contributed by atoms with van der Waals surface area (Å²) in [4.78, 5) is 8.62. The molecule has 0 amide bonds. The van der Waals surface area contributed by atoms with Gasteiger partial charge in [-0.15, -0.1) is 0 Å². The first kappa shape index (κ1) is 16.6. The van der Waals surface area contributed by atoms with E-state index < -0.39 is 0 Å². The van der Waals surface area contributed by atoms with E-state index in [4.69, 9.17) is 21.6 Å². The number of rotatable bonds is 5. The number of hydrogen-bond acceptors (Lipinski definition) is 6. The number of anilines is 4. The van der Waals surface area contributed by atoms with Crippen LogP contribution in [0.1, 0.15) is 5.56 Å². The molecule has 0 radical (unpaired) electrons. The first-order valence-electron chi connectivity index (χ1n) is 7.39. The summed E-state index contributed by atoms with van der Waals surface area (Å²) in [6, 6.07) is 16.2. The summed E-state index contributed by atoms with van der Waals surface area (Å²) >= 11 is 6.03. The molecular weight excluding hydrogens is 338 g/mol. The van der Waals surface area contributed by atoms with Crippen LogP contribution >= 0.6 is 11.6 Å². The highest BCUT2D eigenvalue weighted by Crippen LogP contribution is 2.29. The maximum Gasteiger partial charge on any atom is 0.229 e. The fraction of sp³-hybridized carbons (Fsp3) is 0.0556. The topological polar surface area (TPSA) is 82.9 Å². The molecule has 0 aliphatic heterocycles. The summed E-state index contributed by atoms with van der Waals surface area (Å²) in [7, 11) is 1.58. The van der Waals surface area contributed by atoms with Gasteiger partial charge in [-0.2, -0.15) is 10.2 Å². The molecule has 124 valence electrons. The van der Waals surface area contributed by atoms with Crippen molar-refractivity contribution in [1.82, 2.24) is 9.97 Å². The van der Waals surface area contributed by atoms with E-state index in [-0.39, 0.29) is 0 Å². The van der Waals surface area contributed by atoms with Gasteiger partial charge in [-0.25, -0.2) is 4.98 Å². The number of methoxy groups -OCH3 is 1. The molecule has 7 heteroatoms. The zero-order valence-corrected chi connectivity index (χ0v) is 14.1. The van der Waals surface area contributed by atoms with Crippen molar-refractivity contribution in [2.75, 3.05) is 17.7 Å². The van der Waals surface area contributed by atoms with Crippen molar-refractivity contribution in [3.63, 3.8) is 0 Å². The standard InChI is InChI=1S/C18H14ClN5O/c1-25-16-7-4-13(19)10-15(16)23-18-21-9-8-17(24-18)22-14-5-2-12(11-20)3-6-14/h2-10H,1H3,(H2,21,22,23,24). The number of hydrogen-bond donors (Lipinski definition) is 2. The molecule has 2 aromatic carbocycles. The van der Waals surface area contributed by atoms with Gasteiger partial charge in [0, 0.05) is 16.9 Å². The lowest BCUT2D eigenvalue weighted by molar-refractivity contribution is 0.417. The van der Waals surface area contributed by atoms with Crippen LogP contribution in [0, 0.1) is 11.3 Å². The highest BCUT2D eigenvalue weighted by molar-refractivity contribution is 6.31. The van der Waals surface area contributed by atoms with Crippen molar-refractivity contribution < 1.29 is 4.74 Å². The smallest absolute Gasteiger partial charge is 0.229 e. The summed E-state index contributed by atoms with van der Waals surface area (Å²) in [5.74, 6) is 1.65. The van der Waals surface area contributed by atoms with E-state index >= 15 is 0 Å². The number of ether oxygens (including phenoxy) is 1. The Morgan fingerprint density at radius 2 is 1.88 bits per heavy atom. The Hall–Kier alpha value is -3.30. The summed E-state index contributed by atoms with van der Waals surface area (Å²) in [5.41, 5.74) is 2.10. The van der Waals surface area contributed by atoms with Crippen LogP contribution in [0.15, 0.2) is 54.7 Å². The van der Waals surface area contributed by atoms with E-state index in [9.17, 15) is 0 Å². The summed E-state index contributed by atoms with van der Waals surface area (Å²) in [5, 5.41) is 15.7. The number of aromatic nitrogens is 2. The number of nitriles is 1. The van der Waals surface area contributed by atoms with E-state index in [0.717, 1.165) is 5.69 Å². The Balaban J connectivity index is 1.79. The average molecular weight is 352 g/mol. The molecule has 0 atom stereocenters. The lowest BCUT2D eigenvalue weighted by Crippen LogP contribution is -2.01. The lowest BCUT2D eigenvalue weighted by atomic mass is 10.2. The highest BCUT2D eigenvalue weighted by Gasteiger charge is 2.07. The molecule has 0 saturated carbocycles. The maximum absolute atomic E-state index is 8.84. The van der Waals surface area contributed by atoms with Gasteiger partial charge in [0.1, 0.15) is 11.6 Å². The normalized spacial score (nSPS) is 9.96. The van der Waals surface area contributed by atoms with Crippen LogP contribution < -0.4 is 15.4 Å². The van der Waals surface area contributed by atoms with Gasteiger partial charge in [0.15, 0.2) is 0 Å². The summed E-state index contributed by atoms with van der Waals surface area (Å²) < 4.78 is 5.30. The monoisotopic (exact) mass is 351 g/mol. The Labute approximate surface area is 150 Å².